The van der Waals surface area contributed by atoms with Gasteiger partial charge in [0.15, 0.2) is 0 Å². The molecule has 0 aliphatic heterocycles. The third-order valence-corrected chi connectivity index (χ3v) is 3.90. The maximum atomic E-state index is 11.4. The van der Waals surface area contributed by atoms with Crippen molar-refractivity contribution in [3.63, 3.8) is 0 Å². The SMILES string of the molecule is C=CCOc1ccc(C)c(Nc2ccnc(Nc3ccccc3C(=O)O)n2)c1. The van der Waals surface area contributed by atoms with Crippen LogP contribution in [0.3, 0.4) is 0 Å². The minimum Gasteiger partial charge on any atom is -0.489 e. The van der Waals surface area contributed by atoms with Crippen molar-refractivity contribution >= 4 is 29.1 Å². The molecule has 28 heavy (non-hydrogen) atoms. The summed E-state index contributed by atoms with van der Waals surface area (Å²) in [5.41, 5.74) is 2.43. The number of aryl methyl sites for hydroxylation is 1. The fraction of sp³-hybridized carbons (Fsp3) is 0.0952. The average Bonchev–Trinajstić information content (AvgIpc) is 2.69. The summed E-state index contributed by atoms with van der Waals surface area (Å²) in [6.07, 6.45) is 3.28. The predicted molar refractivity (Wildman–Crippen MR) is 109 cm³/mol. The summed E-state index contributed by atoms with van der Waals surface area (Å²) in [4.78, 5) is 19.9. The van der Waals surface area contributed by atoms with Gasteiger partial charge < -0.3 is 20.5 Å². The molecule has 0 aliphatic carbocycles. The minimum atomic E-state index is -1.02. The summed E-state index contributed by atoms with van der Waals surface area (Å²) >= 11 is 0. The van der Waals surface area contributed by atoms with Gasteiger partial charge in [0.1, 0.15) is 18.2 Å². The molecule has 3 aromatic rings. The van der Waals surface area contributed by atoms with E-state index in [1.54, 1.807) is 36.5 Å². The summed E-state index contributed by atoms with van der Waals surface area (Å²) in [6.45, 7) is 6.04. The zero-order valence-corrected chi connectivity index (χ0v) is 15.3. The number of hydrogen-bond donors (Lipinski definition) is 3. The lowest BCUT2D eigenvalue weighted by Gasteiger charge is -2.13. The smallest absolute Gasteiger partial charge is 0.337 e. The Kier molecular flexibility index (Phi) is 5.86. The molecule has 3 rings (SSSR count). The van der Waals surface area contributed by atoms with Gasteiger partial charge in [-0.25, -0.2) is 9.78 Å². The summed E-state index contributed by atoms with van der Waals surface area (Å²) in [6, 6.07) is 14.0. The van der Waals surface area contributed by atoms with Crippen LogP contribution in [-0.4, -0.2) is 27.7 Å². The topological polar surface area (TPSA) is 96.4 Å². The van der Waals surface area contributed by atoms with Gasteiger partial charge in [-0.15, -0.1) is 0 Å². The summed E-state index contributed by atoms with van der Waals surface area (Å²) in [5.74, 6) is 0.546. The Balaban J connectivity index is 1.81. The Labute approximate surface area is 162 Å². The molecule has 1 aromatic heterocycles. The van der Waals surface area contributed by atoms with E-state index < -0.39 is 5.97 Å². The van der Waals surface area contributed by atoms with E-state index in [1.165, 1.54) is 6.07 Å². The molecule has 142 valence electrons. The monoisotopic (exact) mass is 376 g/mol. The molecule has 7 nitrogen and oxygen atoms in total. The van der Waals surface area contributed by atoms with Crippen molar-refractivity contribution in [2.45, 2.75) is 6.92 Å². The van der Waals surface area contributed by atoms with Gasteiger partial charge in [0.25, 0.3) is 0 Å². The van der Waals surface area contributed by atoms with Crippen LogP contribution >= 0.6 is 0 Å². The fourth-order valence-corrected chi connectivity index (χ4v) is 2.51. The van der Waals surface area contributed by atoms with Gasteiger partial charge in [-0.3, -0.25) is 0 Å². The highest BCUT2D eigenvalue weighted by Gasteiger charge is 2.10. The van der Waals surface area contributed by atoms with Crippen LogP contribution in [0.15, 0.2) is 67.4 Å². The summed E-state index contributed by atoms with van der Waals surface area (Å²) in [7, 11) is 0. The molecule has 0 bridgehead atoms. The fourth-order valence-electron chi connectivity index (χ4n) is 2.51. The zero-order chi connectivity index (χ0) is 19.9. The number of carboxylic acids is 1. The molecule has 0 amide bonds. The van der Waals surface area contributed by atoms with Crippen LogP contribution < -0.4 is 15.4 Å². The lowest BCUT2D eigenvalue weighted by molar-refractivity contribution is 0.0698. The van der Waals surface area contributed by atoms with Crippen LogP contribution in [-0.2, 0) is 0 Å². The zero-order valence-electron chi connectivity index (χ0n) is 15.3. The van der Waals surface area contributed by atoms with Gasteiger partial charge in [0, 0.05) is 18.0 Å². The number of carbonyl (C=O) groups is 1. The molecular weight excluding hydrogens is 356 g/mol. The first-order chi connectivity index (χ1) is 13.6. The predicted octanol–water partition coefficient (Wildman–Crippen LogP) is 4.54. The molecule has 0 saturated carbocycles. The quantitative estimate of drug-likeness (QED) is 0.497. The molecule has 1 heterocycles. The largest absolute Gasteiger partial charge is 0.489 e. The molecule has 2 aromatic carbocycles. The highest BCUT2D eigenvalue weighted by Crippen LogP contribution is 2.26. The third kappa shape index (κ3) is 4.64. The first kappa shape index (κ1) is 18.9. The third-order valence-electron chi connectivity index (χ3n) is 3.90. The van der Waals surface area contributed by atoms with Crippen LogP contribution in [0, 0.1) is 6.92 Å². The van der Waals surface area contributed by atoms with Crippen LogP contribution in [0.5, 0.6) is 5.75 Å². The Hall–Kier alpha value is -3.87. The second-order valence-electron chi connectivity index (χ2n) is 5.94. The molecule has 0 spiro atoms. The Morgan fingerprint density at radius 3 is 2.79 bits per heavy atom. The Morgan fingerprint density at radius 1 is 1.18 bits per heavy atom. The van der Waals surface area contributed by atoms with E-state index in [0.717, 1.165) is 17.0 Å². The molecule has 7 heteroatoms. The van der Waals surface area contributed by atoms with Crippen molar-refractivity contribution in [3.05, 3.63) is 78.5 Å². The average molecular weight is 376 g/mol. The number of nitrogens with one attached hydrogen (secondary N) is 2. The number of para-hydroxylation sites is 1. The maximum absolute atomic E-state index is 11.4. The number of benzene rings is 2. The number of nitrogens with zero attached hydrogens (tertiary/aromatic N) is 2. The highest BCUT2D eigenvalue weighted by molar-refractivity contribution is 5.94. The van der Waals surface area contributed by atoms with Crippen LogP contribution in [0.4, 0.5) is 23.1 Å². The molecule has 0 radical (unpaired) electrons. The van der Waals surface area contributed by atoms with Crippen molar-refractivity contribution in [2.75, 3.05) is 17.2 Å². The van der Waals surface area contributed by atoms with Crippen molar-refractivity contribution in [1.29, 1.82) is 0 Å². The van der Waals surface area contributed by atoms with Crippen molar-refractivity contribution in [3.8, 4) is 5.75 Å². The number of carboxylic acid groups (broad SMARTS) is 1. The number of rotatable bonds is 8. The lowest BCUT2D eigenvalue weighted by Crippen LogP contribution is -2.05. The molecule has 3 N–H and O–H groups in total. The maximum Gasteiger partial charge on any atom is 0.337 e. The molecule has 0 aliphatic rings. The number of aromatic carboxylic acids is 1. The Bertz CT molecular complexity index is 1000. The summed E-state index contributed by atoms with van der Waals surface area (Å²) < 4.78 is 5.57. The normalized spacial score (nSPS) is 10.2. The summed E-state index contributed by atoms with van der Waals surface area (Å²) in [5, 5.41) is 15.5. The van der Waals surface area contributed by atoms with E-state index in [0.29, 0.717) is 18.1 Å². The molecule has 0 fully saturated rings. The highest BCUT2D eigenvalue weighted by atomic mass is 16.5. The van der Waals surface area contributed by atoms with Gasteiger partial charge in [0.05, 0.1) is 11.3 Å². The van der Waals surface area contributed by atoms with Gasteiger partial charge in [-0.1, -0.05) is 30.9 Å². The van der Waals surface area contributed by atoms with Crippen molar-refractivity contribution in [2.24, 2.45) is 0 Å². The van der Waals surface area contributed by atoms with Crippen LogP contribution in [0.1, 0.15) is 15.9 Å². The first-order valence-electron chi connectivity index (χ1n) is 8.60. The first-order valence-corrected chi connectivity index (χ1v) is 8.60. The number of anilines is 4. The van der Waals surface area contributed by atoms with E-state index in [9.17, 15) is 9.90 Å². The minimum absolute atomic E-state index is 0.146. The van der Waals surface area contributed by atoms with Crippen LogP contribution in [0.2, 0.25) is 0 Å². The molecule has 0 atom stereocenters. The van der Waals surface area contributed by atoms with Crippen molar-refractivity contribution in [1.82, 2.24) is 9.97 Å². The van der Waals surface area contributed by atoms with Gasteiger partial charge >= 0.3 is 5.97 Å². The van der Waals surface area contributed by atoms with E-state index in [-0.39, 0.29) is 11.5 Å². The van der Waals surface area contributed by atoms with Gasteiger partial charge in [-0.05, 0) is 36.8 Å². The van der Waals surface area contributed by atoms with Gasteiger partial charge in [0.2, 0.25) is 5.95 Å². The van der Waals surface area contributed by atoms with E-state index >= 15 is 0 Å². The second-order valence-corrected chi connectivity index (χ2v) is 5.94. The lowest BCUT2D eigenvalue weighted by atomic mass is 10.2. The van der Waals surface area contributed by atoms with E-state index in [4.69, 9.17) is 4.74 Å². The van der Waals surface area contributed by atoms with E-state index in [1.807, 2.05) is 25.1 Å². The Morgan fingerprint density at radius 2 is 2.00 bits per heavy atom. The molecular formula is C21H20N4O3. The second kappa shape index (κ2) is 8.68. The number of aromatic nitrogens is 2. The molecule has 0 unspecified atom stereocenters. The van der Waals surface area contributed by atoms with Crippen molar-refractivity contribution < 1.29 is 14.6 Å². The van der Waals surface area contributed by atoms with Gasteiger partial charge in [-0.2, -0.15) is 4.98 Å². The van der Waals surface area contributed by atoms with E-state index in [2.05, 4.69) is 27.2 Å². The number of hydrogen-bond acceptors (Lipinski definition) is 6. The number of ether oxygens (including phenoxy) is 1. The molecule has 0 saturated heterocycles. The van der Waals surface area contributed by atoms with Crippen LogP contribution in [0.25, 0.3) is 0 Å². The standard InChI is InChI=1S/C21H20N4O3/c1-3-12-28-15-9-8-14(2)18(13-15)23-19-10-11-22-21(25-19)24-17-7-5-4-6-16(17)20(26)27/h3-11,13H,1,12H2,2H3,(H,26,27)(H2,22,23,24,25).